The summed E-state index contributed by atoms with van der Waals surface area (Å²) in [6, 6.07) is 14.5. The molecule has 0 aliphatic heterocycles. The van der Waals surface area contributed by atoms with Gasteiger partial charge < -0.3 is 4.74 Å². The van der Waals surface area contributed by atoms with E-state index in [0.717, 1.165) is 5.56 Å². The van der Waals surface area contributed by atoms with Gasteiger partial charge >= 0.3 is 0 Å². The Bertz CT molecular complexity index is 954. The minimum Gasteiger partial charge on any atom is -0.497 e. The van der Waals surface area contributed by atoms with Crippen LogP contribution in [0.25, 0.3) is 17.1 Å². The molecule has 0 spiro atoms. The number of carbonyl (C=O) groups is 2. The number of ketones is 1. The molecule has 0 radical (unpaired) electrons. The van der Waals surface area contributed by atoms with Crippen molar-refractivity contribution in [2.24, 2.45) is 0 Å². The second-order valence-corrected chi connectivity index (χ2v) is 5.25. The Morgan fingerprint density at radius 1 is 1.12 bits per heavy atom. The minimum absolute atomic E-state index is 0.114. The molecule has 0 atom stereocenters. The lowest BCUT2D eigenvalue weighted by atomic mass is 10.2. The van der Waals surface area contributed by atoms with E-state index in [-0.39, 0.29) is 17.5 Å². The highest BCUT2D eigenvalue weighted by molar-refractivity contribution is 6.09. The number of hydrogen-bond acceptors (Lipinski definition) is 4. The summed E-state index contributed by atoms with van der Waals surface area (Å²) in [5.41, 5.74) is 2.07. The smallest absolute Gasteiger partial charge is 0.229 e. The van der Waals surface area contributed by atoms with E-state index < -0.39 is 0 Å². The maximum Gasteiger partial charge on any atom is 0.229 e. The molecule has 5 nitrogen and oxygen atoms in total. The number of fused-ring (bicyclic) bond motifs is 1. The van der Waals surface area contributed by atoms with E-state index >= 15 is 0 Å². The molecule has 1 aromatic heterocycles. The molecule has 0 bridgehead atoms. The number of ether oxygens (including phenoxy) is 1. The second-order valence-electron chi connectivity index (χ2n) is 5.25. The number of methoxy groups -OCH3 is 1. The number of nitrogens with zero attached hydrogens (tertiary/aromatic N) is 2. The normalized spacial score (nSPS) is 11.1. The van der Waals surface area contributed by atoms with Gasteiger partial charge in [-0.15, -0.1) is 0 Å². The molecule has 2 aromatic carbocycles. The van der Waals surface area contributed by atoms with Crippen LogP contribution in [0.3, 0.4) is 0 Å². The van der Waals surface area contributed by atoms with E-state index in [1.807, 2.05) is 36.4 Å². The average Bonchev–Trinajstić information content (AvgIpc) is 2.99. The SMILES string of the molecule is COc1cccc(/C=C/C(=O)c2nc3ccccc3n2C(C)=O)c1. The van der Waals surface area contributed by atoms with Gasteiger partial charge in [-0.1, -0.05) is 30.3 Å². The Labute approximate surface area is 139 Å². The van der Waals surface area contributed by atoms with Crippen molar-refractivity contribution in [3.63, 3.8) is 0 Å². The van der Waals surface area contributed by atoms with Crippen LogP contribution in [0.5, 0.6) is 5.75 Å². The number of hydrogen-bond donors (Lipinski definition) is 0. The predicted octanol–water partition coefficient (Wildman–Crippen LogP) is 3.60. The molecule has 3 rings (SSSR count). The Morgan fingerprint density at radius 3 is 2.67 bits per heavy atom. The molecule has 120 valence electrons. The van der Waals surface area contributed by atoms with E-state index in [1.54, 1.807) is 25.3 Å². The standard InChI is InChI=1S/C19H16N2O3/c1-13(22)21-17-9-4-3-8-16(17)20-19(21)18(23)11-10-14-6-5-7-15(12-14)24-2/h3-12H,1-2H3/b11-10+. The Hall–Kier alpha value is -3.21. The highest BCUT2D eigenvalue weighted by atomic mass is 16.5. The minimum atomic E-state index is -0.329. The van der Waals surface area contributed by atoms with Crippen LogP contribution >= 0.6 is 0 Å². The van der Waals surface area contributed by atoms with Gasteiger partial charge in [0.15, 0.2) is 5.82 Å². The van der Waals surface area contributed by atoms with Gasteiger partial charge in [0.05, 0.1) is 18.1 Å². The monoisotopic (exact) mass is 320 g/mol. The molecular weight excluding hydrogens is 304 g/mol. The number of aromatic nitrogens is 2. The van der Waals surface area contributed by atoms with E-state index in [9.17, 15) is 9.59 Å². The Balaban J connectivity index is 1.98. The van der Waals surface area contributed by atoms with Crippen LogP contribution in [0.4, 0.5) is 0 Å². The van der Waals surface area contributed by atoms with Crippen LogP contribution in [0, 0.1) is 0 Å². The molecule has 0 N–H and O–H groups in total. The molecule has 0 saturated carbocycles. The van der Waals surface area contributed by atoms with Crippen LogP contribution in [0.1, 0.15) is 27.9 Å². The van der Waals surface area contributed by atoms with Crippen molar-refractivity contribution < 1.29 is 14.3 Å². The molecule has 24 heavy (non-hydrogen) atoms. The Morgan fingerprint density at radius 2 is 1.92 bits per heavy atom. The van der Waals surface area contributed by atoms with Gasteiger partial charge in [-0.3, -0.25) is 14.2 Å². The van der Waals surface area contributed by atoms with E-state index in [2.05, 4.69) is 4.98 Å². The van der Waals surface area contributed by atoms with E-state index in [1.165, 1.54) is 17.6 Å². The summed E-state index contributed by atoms with van der Waals surface area (Å²) < 4.78 is 6.50. The zero-order chi connectivity index (χ0) is 17.1. The summed E-state index contributed by atoms with van der Waals surface area (Å²) in [6.07, 6.45) is 3.09. The summed E-state index contributed by atoms with van der Waals surface area (Å²) in [4.78, 5) is 28.7. The molecule has 0 saturated heterocycles. The van der Waals surface area contributed by atoms with E-state index in [0.29, 0.717) is 16.8 Å². The average molecular weight is 320 g/mol. The molecule has 5 heteroatoms. The first kappa shape index (κ1) is 15.7. The molecular formula is C19H16N2O3. The van der Waals surface area contributed by atoms with Gasteiger partial charge in [0.2, 0.25) is 11.7 Å². The van der Waals surface area contributed by atoms with Crippen LogP contribution in [0.2, 0.25) is 0 Å². The largest absolute Gasteiger partial charge is 0.497 e. The highest BCUT2D eigenvalue weighted by Gasteiger charge is 2.17. The van der Waals surface area contributed by atoms with E-state index in [4.69, 9.17) is 4.74 Å². The number of carbonyl (C=O) groups excluding carboxylic acids is 2. The third-order valence-electron chi connectivity index (χ3n) is 3.62. The lowest BCUT2D eigenvalue weighted by Crippen LogP contribution is -2.13. The molecule has 0 aliphatic rings. The van der Waals surface area contributed by atoms with Crippen molar-refractivity contribution in [1.82, 2.24) is 9.55 Å². The van der Waals surface area contributed by atoms with Crippen molar-refractivity contribution in [3.8, 4) is 5.75 Å². The highest BCUT2D eigenvalue weighted by Crippen LogP contribution is 2.18. The van der Waals surface area contributed by atoms with Gasteiger partial charge in [-0.05, 0) is 35.9 Å². The molecule has 0 fully saturated rings. The van der Waals surface area contributed by atoms with Gasteiger partial charge in [0.25, 0.3) is 0 Å². The van der Waals surface area contributed by atoms with Crippen LogP contribution in [0.15, 0.2) is 54.6 Å². The second kappa shape index (κ2) is 6.50. The molecule has 0 amide bonds. The first-order valence-electron chi connectivity index (χ1n) is 7.45. The molecule has 3 aromatic rings. The van der Waals surface area contributed by atoms with Crippen molar-refractivity contribution in [2.75, 3.05) is 7.11 Å². The number of rotatable bonds is 4. The third-order valence-corrected chi connectivity index (χ3v) is 3.62. The van der Waals surface area contributed by atoms with Crippen molar-refractivity contribution in [2.45, 2.75) is 6.92 Å². The number of benzene rings is 2. The van der Waals surface area contributed by atoms with Gasteiger partial charge in [-0.25, -0.2) is 4.98 Å². The van der Waals surface area contributed by atoms with Crippen molar-refractivity contribution >= 4 is 28.8 Å². The zero-order valence-electron chi connectivity index (χ0n) is 13.4. The quantitative estimate of drug-likeness (QED) is 0.544. The number of allylic oxidation sites excluding steroid dienone is 1. The van der Waals surface area contributed by atoms with Crippen LogP contribution in [-0.4, -0.2) is 28.4 Å². The maximum absolute atomic E-state index is 12.5. The summed E-state index contributed by atoms with van der Waals surface area (Å²) >= 11 is 0. The summed E-state index contributed by atoms with van der Waals surface area (Å²) in [5.74, 6) is 0.245. The first-order chi connectivity index (χ1) is 11.6. The van der Waals surface area contributed by atoms with Gasteiger partial charge in [0.1, 0.15) is 5.75 Å². The Kier molecular flexibility index (Phi) is 4.24. The zero-order valence-corrected chi connectivity index (χ0v) is 13.4. The lowest BCUT2D eigenvalue weighted by molar-refractivity contribution is 0.0917. The summed E-state index contributed by atoms with van der Waals surface area (Å²) in [6.45, 7) is 1.41. The summed E-state index contributed by atoms with van der Waals surface area (Å²) in [5, 5.41) is 0. The summed E-state index contributed by atoms with van der Waals surface area (Å²) in [7, 11) is 1.59. The maximum atomic E-state index is 12.5. The number of imidazole rings is 1. The fourth-order valence-electron chi connectivity index (χ4n) is 2.50. The van der Waals surface area contributed by atoms with Crippen molar-refractivity contribution in [3.05, 3.63) is 66.0 Å². The fraction of sp³-hybridized carbons (Fsp3) is 0.105. The molecule has 0 aliphatic carbocycles. The number of para-hydroxylation sites is 2. The first-order valence-corrected chi connectivity index (χ1v) is 7.45. The predicted molar refractivity (Wildman–Crippen MR) is 92.4 cm³/mol. The van der Waals surface area contributed by atoms with Crippen LogP contribution in [-0.2, 0) is 0 Å². The van der Waals surface area contributed by atoms with Gasteiger partial charge in [0, 0.05) is 6.92 Å². The molecule has 0 unspecified atom stereocenters. The third kappa shape index (κ3) is 2.96. The molecule has 1 heterocycles. The van der Waals surface area contributed by atoms with Crippen molar-refractivity contribution in [1.29, 1.82) is 0 Å². The van der Waals surface area contributed by atoms with Crippen LogP contribution < -0.4 is 4.74 Å². The topological polar surface area (TPSA) is 61.2 Å². The van der Waals surface area contributed by atoms with Gasteiger partial charge in [-0.2, -0.15) is 0 Å². The fourth-order valence-corrected chi connectivity index (χ4v) is 2.50. The lowest BCUT2D eigenvalue weighted by Gasteiger charge is -2.02.